The molecule has 10 nitrogen and oxygen atoms in total. The lowest BCUT2D eigenvalue weighted by molar-refractivity contribution is -0.175. The fourth-order valence-corrected chi connectivity index (χ4v) is 16.7. The van der Waals surface area contributed by atoms with E-state index in [1.54, 1.807) is 0 Å². The Morgan fingerprint density at radius 1 is 0.906 bits per heavy atom. The summed E-state index contributed by atoms with van der Waals surface area (Å²) in [6.45, 7) is 5.63. The Morgan fingerprint density at radius 3 is 2.66 bits per heavy atom. The summed E-state index contributed by atoms with van der Waals surface area (Å²) < 4.78 is 25.5. The van der Waals surface area contributed by atoms with E-state index in [0.29, 0.717) is 31.4 Å². The number of carbonyl (C=O) groups is 2. The molecule has 5 spiro atoms. The number of rotatable bonds is 2. The molecule has 2 aromatic carbocycles. The topological polar surface area (TPSA) is 92.8 Å². The molecular formula is C43H48N4O6. The van der Waals surface area contributed by atoms with Crippen molar-refractivity contribution in [3.8, 4) is 5.75 Å². The number of esters is 2. The molecule has 0 bridgehead atoms. The van der Waals surface area contributed by atoms with Crippen LogP contribution in [0.5, 0.6) is 5.75 Å². The summed E-state index contributed by atoms with van der Waals surface area (Å²) in [4.78, 5) is 35.8. The first-order chi connectivity index (χ1) is 25.8. The summed E-state index contributed by atoms with van der Waals surface area (Å²) in [5, 5.41) is 3.79. The molecule has 8 fully saturated rings. The van der Waals surface area contributed by atoms with Crippen LogP contribution in [0, 0.1) is 22.2 Å². The molecule has 1 saturated carbocycles. The molecule has 0 unspecified atom stereocenters. The van der Waals surface area contributed by atoms with Crippen LogP contribution in [-0.4, -0.2) is 106 Å². The SMILES string of the molecule is COC(=O)C1=C2Nc3ccccc3[C@@]23CCN2C[C@]4(C[C@@H]5C[C@]67CC(=O)O[C@H]6CCN6CC[C@@]8(c9cccc(OC)c9N(C4)[C@H]58)[C@@H]67)[C@@H]4OCC[C@]4(C1)[C@H]23. The molecule has 13 rings (SSSR count). The monoisotopic (exact) mass is 716 g/mol. The van der Waals surface area contributed by atoms with Crippen LogP contribution in [0.25, 0.3) is 0 Å². The van der Waals surface area contributed by atoms with Crippen molar-refractivity contribution in [2.24, 2.45) is 22.2 Å². The molecule has 53 heavy (non-hydrogen) atoms. The van der Waals surface area contributed by atoms with Gasteiger partial charge in [-0.15, -0.1) is 0 Å². The number of hydrogen-bond donors (Lipinski definition) is 1. The first kappa shape index (κ1) is 30.7. The lowest BCUT2D eigenvalue weighted by Crippen LogP contribution is -2.76. The smallest absolute Gasteiger partial charge is 0.335 e. The average molecular weight is 717 g/mol. The standard InChI is InChI=1S/C43H48N4O6/c1-50-29-9-5-7-27-32(29)47-23-39(18-24-19-41-21-31(48)53-30(41)10-14-45-15-12-43(27,34(24)47)37(41)45)22-46-16-11-42-26-6-3-4-8-28(26)44-33(42)25(35(49)51-2)20-40(36(42)46)13-17-52-38(39)40/h3-9,24,30,34,36-38,44H,10-23H2,1-2H3/t24-,30+,34-,36+,37+,38+,39+,40+,41+,42+,43+/m1/s1. The van der Waals surface area contributed by atoms with Gasteiger partial charge in [-0.05, 0) is 87.2 Å². The number of nitrogens with zero attached hydrogens (tertiary/aromatic N) is 3. The highest BCUT2D eigenvalue weighted by molar-refractivity contribution is 5.93. The highest BCUT2D eigenvalue weighted by atomic mass is 16.6. The summed E-state index contributed by atoms with van der Waals surface area (Å²) in [7, 11) is 3.36. The largest absolute Gasteiger partial charge is 0.495 e. The Kier molecular flexibility index (Phi) is 5.56. The second-order valence-electron chi connectivity index (χ2n) is 18.9. The fraction of sp³-hybridized carbons (Fsp3) is 0.628. The summed E-state index contributed by atoms with van der Waals surface area (Å²) in [5.74, 6) is 1.11. The molecule has 1 N–H and O–H groups in total. The Bertz CT molecular complexity index is 2090. The van der Waals surface area contributed by atoms with Crippen LogP contribution < -0.4 is 15.0 Å². The molecule has 276 valence electrons. The maximum atomic E-state index is 14.0. The van der Waals surface area contributed by atoms with Crippen LogP contribution >= 0.6 is 0 Å². The number of fused-ring (bicyclic) bond motifs is 4. The molecule has 0 radical (unpaired) electrons. The lowest BCUT2D eigenvalue weighted by Gasteiger charge is -2.68. The first-order valence-corrected chi connectivity index (χ1v) is 20.3. The van der Waals surface area contributed by atoms with Crippen molar-refractivity contribution >= 4 is 23.3 Å². The van der Waals surface area contributed by atoms with E-state index in [4.69, 9.17) is 18.9 Å². The predicted octanol–water partition coefficient (Wildman–Crippen LogP) is 4.37. The van der Waals surface area contributed by atoms with Gasteiger partial charge in [0.1, 0.15) is 11.9 Å². The zero-order chi connectivity index (χ0) is 35.3. The number of hydrogen-bond acceptors (Lipinski definition) is 10. The van der Waals surface area contributed by atoms with Crippen LogP contribution in [0.4, 0.5) is 11.4 Å². The molecule has 11 aliphatic rings. The van der Waals surface area contributed by atoms with Gasteiger partial charge in [0.15, 0.2) is 0 Å². The summed E-state index contributed by atoms with van der Waals surface area (Å²) in [6.07, 6.45) is 7.16. The Balaban J connectivity index is 1.01. The van der Waals surface area contributed by atoms with Crippen molar-refractivity contribution in [2.75, 3.05) is 63.8 Å². The third kappa shape index (κ3) is 3.17. The maximum absolute atomic E-state index is 14.0. The van der Waals surface area contributed by atoms with Gasteiger partial charge in [-0.1, -0.05) is 30.3 Å². The summed E-state index contributed by atoms with van der Waals surface area (Å²) in [6, 6.07) is 16.4. The van der Waals surface area contributed by atoms with Crippen LogP contribution in [0.3, 0.4) is 0 Å². The highest BCUT2D eigenvalue weighted by Crippen LogP contribution is 2.75. The predicted molar refractivity (Wildman–Crippen MR) is 195 cm³/mol. The van der Waals surface area contributed by atoms with Crippen molar-refractivity contribution in [1.82, 2.24) is 9.80 Å². The molecule has 9 heterocycles. The second kappa shape index (κ2) is 9.61. The minimum Gasteiger partial charge on any atom is -0.495 e. The Hall–Kier alpha value is -3.60. The summed E-state index contributed by atoms with van der Waals surface area (Å²) in [5.41, 5.74) is 6.06. The third-order valence-corrected chi connectivity index (χ3v) is 17.4. The number of methoxy groups -OCH3 is 2. The number of nitrogens with one attached hydrogen (secondary N) is 1. The van der Waals surface area contributed by atoms with Gasteiger partial charge in [0.05, 0.1) is 43.4 Å². The lowest BCUT2D eigenvalue weighted by atomic mass is 9.44. The van der Waals surface area contributed by atoms with Crippen LogP contribution in [-0.2, 0) is 34.6 Å². The molecule has 0 amide bonds. The van der Waals surface area contributed by atoms with Crippen molar-refractivity contribution in [3.63, 3.8) is 0 Å². The minimum absolute atomic E-state index is 0.00451. The number of benzene rings is 2. The molecule has 7 saturated heterocycles. The second-order valence-corrected chi connectivity index (χ2v) is 18.9. The van der Waals surface area contributed by atoms with Crippen molar-refractivity contribution in [3.05, 3.63) is 64.9 Å². The van der Waals surface area contributed by atoms with Gasteiger partial charge in [0.25, 0.3) is 0 Å². The normalized spacial score (nSPS) is 46.1. The third-order valence-electron chi connectivity index (χ3n) is 17.4. The molecule has 2 aliphatic carbocycles. The Labute approximate surface area is 310 Å². The fourth-order valence-electron chi connectivity index (χ4n) is 16.7. The van der Waals surface area contributed by atoms with Crippen LogP contribution in [0.2, 0.25) is 0 Å². The minimum atomic E-state index is -0.294. The van der Waals surface area contributed by atoms with Gasteiger partial charge in [0.2, 0.25) is 0 Å². The van der Waals surface area contributed by atoms with E-state index in [2.05, 4.69) is 62.5 Å². The van der Waals surface area contributed by atoms with Gasteiger partial charge >= 0.3 is 11.9 Å². The zero-order valence-electron chi connectivity index (χ0n) is 30.7. The van der Waals surface area contributed by atoms with Crippen LogP contribution in [0.1, 0.15) is 62.5 Å². The van der Waals surface area contributed by atoms with E-state index in [1.165, 1.54) is 23.9 Å². The number of para-hydroxylation sites is 2. The van der Waals surface area contributed by atoms with Crippen molar-refractivity contribution in [1.29, 1.82) is 0 Å². The quantitative estimate of drug-likeness (QED) is 0.452. The van der Waals surface area contributed by atoms with Gasteiger partial charge in [0, 0.05) is 77.4 Å². The highest BCUT2D eigenvalue weighted by Gasteiger charge is 2.80. The first-order valence-electron chi connectivity index (χ1n) is 20.3. The van der Waals surface area contributed by atoms with Gasteiger partial charge in [-0.2, -0.15) is 0 Å². The molecular weight excluding hydrogens is 668 g/mol. The van der Waals surface area contributed by atoms with E-state index in [1.807, 2.05) is 7.11 Å². The van der Waals surface area contributed by atoms with Gasteiger partial charge < -0.3 is 29.2 Å². The number of ether oxygens (including phenoxy) is 4. The molecule has 2 aromatic rings. The van der Waals surface area contributed by atoms with E-state index in [9.17, 15) is 9.59 Å². The zero-order valence-corrected chi connectivity index (χ0v) is 30.7. The molecule has 0 aromatic heterocycles. The van der Waals surface area contributed by atoms with E-state index in [-0.39, 0.29) is 63.3 Å². The molecule has 10 heteroatoms. The number of carbonyl (C=O) groups excluding carboxylic acids is 2. The number of anilines is 2. The summed E-state index contributed by atoms with van der Waals surface area (Å²) >= 11 is 0. The van der Waals surface area contributed by atoms with Crippen molar-refractivity contribution in [2.45, 2.75) is 92.5 Å². The van der Waals surface area contributed by atoms with E-state index >= 15 is 0 Å². The van der Waals surface area contributed by atoms with E-state index in [0.717, 1.165) is 94.0 Å². The molecule has 11 atom stereocenters. The van der Waals surface area contributed by atoms with Gasteiger partial charge in [-0.3, -0.25) is 14.6 Å². The van der Waals surface area contributed by atoms with Gasteiger partial charge in [-0.25, -0.2) is 4.79 Å². The Morgan fingerprint density at radius 2 is 1.77 bits per heavy atom. The van der Waals surface area contributed by atoms with Crippen molar-refractivity contribution < 1.29 is 28.5 Å². The average Bonchev–Trinajstić information content (AvgIpc) is 4.01. The van der Waals surface area contributed by atoms with E-state index < -0.39 is 0 Å². The number of piperidine rings is 3. The molecule has 9 aliphatic heterocycles. The maximum Gasteiger partial charge on any atom is 0.335 e. The van der Waals surface area contributed by atoms with Crippen LogP contribution in [0.15, 0.2) is 53.7 Å².